The number of nitrogens with zero attached hydrogens (tertiary/aromatic N) is 1. The molecule has 0 aromatic heterocycles. The second kappa shape index (κ2) is 12.9. The molecule has 1 aromatic rings. The Balaban J connectivity index is 0.000000612. The van der Waals surface area contributed by atoms with Crippen molar-refractivity contribution < 1.29 is 24.6 Å². The summed E-state index contributed by atoms with van der Waals surface area (Å²) in [6, 6.07) is 8.93. The van der Waals surface area contributed by atoms with Crippen LogP contribution < -0.4 is 5.32 Å². The van der Waals surface area contributed by atoms with Gasteiger partial charge in [0.15, 0.2) is 0 Å². The minimum absolute atomic E-state index is 0.209. The molecule has 1 amide bonds. The van der Waals surface area contributed by atoms with Gasteiger partial charge in [0.25, 0.3) is 0 Å². The van der Waals surface area contributed by atoms with Crippen molar-refractivity contribution in [3.05, 3.63) is 35.4 Å². The molecule has 0 spiro atoms. The maximum absolute atomic E-state index is 12.2. The molecule has 7 heteroatoms. The van der Waals surface area contributed by atoms with Crippen molar-refractivity contribution in [3.63, 3.8) is 0 Å². The molecule has 0 atom stereocenters. The first-order valence-corrected chi connectivity index (χ1v) is 10.3. The lowest BCUT2D eigenvalue weighted by atomic mass is 9.95. The van der Waals surface area contributed by atoms with Crippen LogP contribution in [0.1, 0.15) is 51.2 Å². The summed E-state index contributed by atoms with van der Waals surface area (Å²) < 4.78 is 0. The Labute approximate surface area is 173 Å². The number of rotatable bonds is 7. The first kappa shape index (κ1) is 24.6. The van der Waals surface area contributed by atoms with Crippen molar-refractivity contribution in [2.24, 2.45) is 11.8 Å². The minimum atomic E-state index is -1.82. The van der Waals surface area contributed by atoms with Crippen LogP contribution in [0.15, 0.2) is 24.3 Å². The fourth-order valence-electron chi connectivity index (χ4n) is 3.12. The van der Waals surface area contributed by atoms with Crippen LogP contribution in [-0.2, 0) is 27.3 Å². The number of aliphatic carboxylic acids is 2. The Kier molecular flexibility index (Phi) is 11.0. The van der Waals surface area contributed by atoms with E-state index >= 15 is 0 Å². The van der Waals surface area contributed by atoms with E-state index in [-0.39, 0.29) is 11.8 Å². The number of aryl methyl sites for hydroxylation is 1. The Morgan fingerprint density at radius 3 is 2.00 bits per heavy atom. The van der Waals surface area contributed by atoms with E-state index in [1.807, 2.05) is 0 Å². The van der Waals surface area contributed by atoms with E-state index in [0.717, 1.165) is 51.9 Å². The van der Waals surface area contributed by atoms with Gasteiger partial charge >= 0.3 is 11.9 Å². The minimum Gasteiger partial charge on any atom is -0.473 e. The van der Waals surface area contributed by atoms with E-state index < -0.39 is 11.9 Å². The highest BCUT2D eigenvalue weighted by atomic mass is 16.4. The Morgan fingerprint density at radius 2 is 1.55 bits per heavy atom. The largest absolute Gasteiger partial charge is 0.473 e. The van der Waals surface area contributed by atoms with Crippen LogP contribution in [-0.4, -0.2) is 52.6 Å². The van der Waals surface area contributed by atoms with Gasteiger partial charge in [-0.05, 0) is 55.8 Å². The van der Waals surface area contributed by atoms with E-state index in [2.05, 4.69) is 55.3 Å². The molecule has 1 saturated heterocycles. The van der Waals surface area contributed by atoms with Crippen molar-refractivity contribution >= 4 is 17.8 Å². The van der Waals surface area contributed by atoms with Crippen molar-refractivity contribution in [3.8, 4) is 0 Å². The third kappa shape index (κ3) is 10.1. The average Bonchev–Trinajstić information content (AvgIpc) is 2.69. The van der Waals surface area contributed by atoms with Gasteiger partial charge in [-0.15, -0.1) is 0 Å². The highest BCUT2D eigenvalue weighted by Gasteiger charge is 2.24. The molecule has 0 bridgehead atoms. The van der Waals surface area contributed by atoms with Gasteiger partial charge in [0, 0.05) is 19.0 Å². The predicted molar refractivity (Wildman–Crippen MR) is 112 cm³/mol. The third-order valence-corrected chi connectivity index (χ3v) is 5.00. The molecule has 0 radical (unpaired) electrons. The summed E-state index contributed by atoms with van der Waals surface area (Å²) in [6.45, 7) is 10.4. The van der Waals surface area contributed by atoms with E-state index in [1.54, 1.807) is 0 Å². The van der Waals surface area contributed by atoms with Gasteiger partial charge in [-0.3, -0.25) is 9.69 Å². The second-order valence-electron chi connectivity index (χ2n) is 7.80. The zero-order valence-electron chi connectivity index (χ0n) is 17.7. The summed E-state index contributed by atoms with van der Waals surface area (Å²) in [5.74, 6) is -2.53. The highest BCUT2D eigenvalue weighted by Crippen LogP contribution is 2.19. The molecule has 1 aromatic carbocycles. The van der Waals surface area contributed by atoms with Crippen LogP contribution in [0.25, 0.3) is 0 Å². The molecule has 1 aliphatic rings. The molecule has 0 aliphatic carbocycles. The van der Waals surface area contributed by atoms with Crippen molar-refractivity contribution in [2.45, 2.75) is 53.0 Å². The number of benzene rings is 1. The lowest BCUT2D eigenvalue weighted by molar-refractivity contribution is -0.159. The van der Waals surface area contributed by atoms with Crippen LogP contribution in [0.3, 0.4) is 0 Å². The molecule has 2 rings (SSSR count). The molecule has 162 valence electrons. The normalized spacial score (nSPS) is 14.8. The number of nitrogens with one attached hydrogen (secondary N) is 1. The first-order valence-electron chi connectivity index (χ1n) is 10.3. The predicted octanol–water partition coefficient (Wildman–Crippen LogP) is 2.78. The molecule has 3 N–H and O–H groups in total. The van der Waals surface area contributed by atoms with Gasteiger partial charge in [0.05, 0.1) is 0 Å². The number of carboxylic acid groups (broad SMARTS) is 2. The van der Waals surface area contributed by atoms with Crippen molar-refractivity contribution in [1.82, 2.24) is 10.2 Å². The van der Waals surface area contributed by atoms with Gasteiger partial charge in [0.1, 0.15) is 0 Å². The van der Waals surface area contributed by atoms with Gasteiger partial charge in [-0.25, -0.2) is 9.59 Å². The Morgan fingerprint density at radius 1 is 1.03 bits per heavy atom. The number of piperidine rings is 1. The topological polar surface area (TPSA) is 107 Å². The maximum Gasteiger partial charge on any atom is 0.414 e. The second-order valence-corrected chi connectivity index (χ2v) is 7.80. The summed E-state index contributed by atoms with van der Waals surface area (Å²) in [5.41, 5.74) is 2.77. The molecule has 1 fully saturated rings. The molecule has 0 unspecified atom stereocenters. The van der Waals surface area contributed by atoms with Crippen LogP contribution in [0.5, 0.6) is 0 Å². The molecule has 1 aliphatic heterocycles. The number of carbonyl (C=O) groups is 3. The highest BCUT2D eigenvalue weighted by molar-refractivity contribution is 6.27. The molecular weight excluding hydrogens is 372 g/mol. The number of hydrogen-bond donors (Lipinski definition) is 3. The lowest BCUT2D eigenvalue weighted by Crippen LogP contribution is -2.40. The van der Waals surface area contributed by atoms with Crippen molar-refractivity contribution in [1.29, 1.82) is 0 Å². The Hall–Kier alpha value is -2.41. The van der Waals surface area contributed by atoms with E-state index in [0.29, 0.717) is 5.92 Å². The number of likely N-dealkylation sites (tertiary alicyclic amines) is 1. The van der Waals surface area contributed by atoms with E-state index in [1.165, 1.54) is 11.1 Å². The number of hydrogen-bond acceptors (Lipinski definition) is 4. The summed E-state index contributed by atoms with van der Waals surface area (Å²) in [4.78, 5) is 32.9. The SMILES string of the molecule is CCc1ccc(CN2CCC(C(=O)NCCC(C)C)CC2)cc1.O=C(O)C(=O)O. The fraction of sp³-hybridized carbons (Fsp3) is 0.591. The van der Waals surface area contributed by atoms with E-state index in [4.69, 9.17) is 19.8 Å². The zero-order chi connectivity index (χ0) is 21.8. The van der Waals surface area contributed by atoms with Crippen LogP contribution in [0.4, 0.5) is 0 Å². The molecule has 29 heavy (non-hydrogen) atoms. The quantitative estimate of drug-likeness (QED) is 0.601. The maximum atomic E-state index is 12.2. The smallest absolute Gasteiger partial charge is 0.414 e. The van der Waals surface area contributed by atoms with Gasteiger partial charge in [-0.2, -0.15) is 0 Å². The molecule has 0 saturated carbocycles. The fourth-order valence-corrected chi connectivity index (χ4v) is 3.12. The molecule has 7 nitrogen and oxygen atoms in total. The molecule has 1 heterocycles. The van der Waals surface area contributed by atoms with E-state index in [9.17, 15) is 4.79 Å². The number of carboxylic acids is 2. The standard InChI is InChI=1S/C20H32N2O.C2H2O4/c1-4-17-5-7-18(8-6-17)15-22-13-10-19(11-14-22)20(23)21-12-9-16(2)3;3-1(4)2(5)6/h5-8,16,19H,4,9-15H2,1-3H3,(H,21,23);(H,3,4)(H,5,6). The molecular formula is C22H34N2O5. The average molecular weight is 407 g/mol. The summed E-state index contributed by atoms with van der Waals surface area (Å²) in [6.07, 6.45) is 4.14. The van der Waals surface area contributed by atoms with Crippen LogP contribution in [0.2, 0.25) is 0 Å². The number of carbonyl (C=O) groups excluding carboxylic acids is 1. The Bertz CT molecular complexity index is 638. The first-order chi connectivity index (χ1) is 13.7. The third-order valence-electron chi connectivity index (χ3n) is 5.00. The monoisotopic (exact) mass is 406 g/mol. The summed E-state index contributed by atoms with van der Waals surface area (Å²) in [7, 11) is 0. The summed E-state index contributed by atoms with van der Waals surface area (Å²) in [5, 5.41) is 17.9. The lowest BCUT2D eigenvalue weighted by Gasteiger charge is -2.31. The van der Waals surface area contributed by atoms with Gasteiger partial charge in [0.2, 0.25) is 5.91 Å². The van der Waals surface area contributed by atoms with Crippen LogP contribution in [0, 0.1) is 11.8 Å². The van der Waals surface area contributed by atoms with Crippen molar-refractivity contribution in [2.75, 3.05) is 19.6 Å². The van der Waals surface area contributed by atoms with Crippen LogP contribution >= 0.6 is 0 Å². The van der Waals surface area contributed by atoms with Gasteiger partial charge in [-0.1, -0.05) is 45.0 Å². The van der Waals surface area contributed by atoms with Gasteiger partial charge < -0.3 is 15.5 Å². The number of amides is 1. The zero-order valence-corrected chi connectivity index (χ0v) is 17.7. The summed E-state index contributed by atoms with van der Waals surface area (Å²) >= 11 is 0.